The van der Waals surface area contributed by atoms with Gasteiger partial charge in [-0.15, -0.1) is 0 Å². The molecule has 0 aliphatic rings. The largest absolute Gasteiger partial charge is 0.494 e. The molecule has 2 N–H and O–H groups in total. The van der Waals surface area contributed by atoms with Crippen molar-refractivity contribution in [1.82, 2.24) is 0 Å². The zero-order chi connectivity index (χ0) is 25.0. The summed E-state index contributed by atoms with van der Waals surface area (Å²) in [6.07, 6.45) is -0.335. The fraction of sp³-hybridized carbons (Fsp3) is 0.125. The van der Waals surface area contributed by atoms with Crippen molar-refractivity contribution >= 4 is 35.0 Å². The second-order valence-corrected chi connectivity index (χ2v) is 7.87. The Morgan fingerprint density at radius 3 is 2.47 bits per heavy atom. The zero-order valence-corrected chi connectivity index (χ0v) is 19.4. The van der Waals surface area contributed by atoms with Crippen LogP contribution in [0, 0.1) is 40.7 Å². The number of methoxy groups -OCH3 is 1. The van der Waals surface area contributed by atoms with E-state index in [4.69, 9.17) is 53.5 Å². The van der Waals surface area contributed by atoms with E-state index in [-0.39, 0.29) is 56.0 Å². The quantitative estimate of drug-likeness (QED) is 0.284. The Kier molecular flexibility index (Phi) is 7.72. The number of ether oxygens (including phenoxy) is 3. The molecular weight excluding hydrogens is 487 g/mol. The maximum absolute atomic E-state index is 15.1. The van der Waals surface area contributed by atoms with Crippen molar-refractivity contribution in [3.05, 3.63) is 86.4 Å². The molecule has 0 fully saturated rings. The van der Waals surface area contributed by atoms with Crippen LogP contribution < -0.4 is 9.47 Å². The maximum Gasteiger partial charge on any atom is 0.221 e. The first-order valence-electron chi connectivity index (χ1n) is 9.67. The molecule has 0 aliphatic heterocycles. The summed E-state index contributed by atoms with van der Waals surface area (Å²) in [6.45, 7) is 1.45. The number of halogens is 4. The molecule has 0 amide bonds. The monoisotopic (exact) mass is 503 g/mol. The van der Waals surface area contributed by atoms with Crippen molar-refractivity contribution in [1.29, 1.82) is 16.1 Å². The van der Waals surface area contributed by atoms with Gasteiger partial charge in [-0.2, -0.15) is 5.26 Å². The molecule has 0 bridgehead atoms. The van der Waals surface area contributed by atoms with Crippen molar-refractivity contribution in [2.45, 2.75) is 13.3 Å². The summed E-state index contributed by atoms with van der Waals surface area (Å²) in [7, 11) is 1.32. The molecule has 0 radical (unpaired) electrons. The molecule has 0 saturated heterocycles. The Morgan fingerprint density at radius 1 is 1.06 bits per heavy atom. The molecular formula is C24H17Cl2F2N3O3. The highest BCUT2D eigenvalue weighted by atomic mass is 35.5. The molecule has 0 heterocycles. The van der Waals surface area contributed by atoms with Gasteiger partial charge in [0, 0.05) is 21.7 Å². The van der Waals surface area contributed by atoms with Crippen LogP contribution in [0.5, 0.6) is 17.2 Å². The van der Waals surface area contributed by atoms with Crippen LogP contribution in [0.25, 0.3) is 0 Å². The molecule has 10 heteroatoms. The minimum atomic E-state index is -0.850. The summed E-state index contributed by atoms with van der Waals surface area (Å²) in [5.74, 6) is -2.63. The molecule has 0 unspecified atom stereocenters. The summed E-state index contributed by atoms with van der Waals surface area (Å²) in [6, 6.07) is 11.6. The highest BCUT2D eigenvalue weighted by molar-refractivity contribution is 6.32. The van der Waals surface area contributed by atoms with E-state index < -0.39 is 23.4 Å². The third-order valence-corrected chi connectivity index (χ3v) is 5.26. The van der Waals surface area contributed by atoms with E-state index in [0.717, 1.165) is 0 Å². The van der Waals surface area contributed by atoms with Crippen LogP contribution in [0.3, 0.4) is 0 Å². The molecule has 0 atom stereocenters. The maximum atomic E-state index is 15.1. The van der Waals surface area contributed by atoms with Crippen LogP contribution in [0.15, 0.2) is 42.5 Å². The van der Waals surface area contributed by atoms with Gasteiger partial charge < -0.3 is 14.2 Å². The van der Waals surface area contributed by atoms with Gasteiger partial charge in [0.1, 0.15) is 5.75 Å². The van der Waals surface area contributed by atoms with E-state index in [0.29, 0.717) is 0 Å². The van der Waals surface area contributed by atoms with Gasteiger partial charge in [0.2, 0.25) is 5.90 Å². The number of hydrogen-bond acceptors (Lipinski definition) is 6. The highest BCUT2D eigenvalue weighted by Crippen LogP contribution is 2.35. The topological polar surface area (TPSA) is 99.2 Å². The molecule has 34 heavy (non-hydrogen) atoms. The molecule has 0 spiro atoms. The van der Waals surface area contributed by atoms with E-state index in [9.17, 15) is 4.39 Å². The Balaban J connectivity index is 1.79. The zero-order valence-electron chi connectivity index (χ0n) is 17.9. The smallest absolute Gasteiger partial charge is 0.221 e. The first-order valence-corrected chi connectivity index (χ1v) is 10.4. The van der Waals surface area contributed by atoms with Crippen molar-refractivity contribution in [2.75, 3.05) is 7.11 Å². The molecule has 3 rings (SSSR count). The van der Waals surface area contributed by atoms with E-state index in [2.05, 4.69) is 0 Å². The lowest BCUT2D eigenvalue weighted by molar-refractivity contribution is 0.385. The number of nitrogens with zero attached hydrogens (tertiary/aromatic N) is 1. The molecule has 174 valence electrons. The first-order chi connectivity index (χ1) is 16.1. The Labute approximate surface area is 204 Å². The number of nitrogens with one attached hydrogen (secondary N) is 2. The molecule has 0 aliphatic carbocycles. The van der Waals surface area contributed by atoms with Gasteiger partial charge in [-0.3, -0.25) is 10.8 Å². The van der Waals surface area contributed by atoms with Gasteiger partial charge in [-0.1, -0.05) is 29.3 Å². The second kappa shape index (κ2) is 10.5. The molecule has 3 aromatic rings. The number of hydrogen-bond donors (Lipinski definition) is 2. The number of nitriles is 1. The third-order valence-electron chi connectivity index (χ3n) is 4.74. The van der Waals surface area contributed by atoms with Crippen LogP contribution >= 0.6 is 23.2 Å². The SMILES string of the molecule is COc1ccc(C(=N)OC(=N)Cc2ccc(Cl)c(Oc3cc(Cl)cc(C#N)c3)c2F)c(C)c1F. The summed E-state index contributed by atoms with van der Waals surface area (Å²) in [5.41, 5.74) is 0.466. The Hall–Kier alpha value is -3.67. The molecule has 3 aromatic carbocycles. The lowest BCUT2D eigenvalue weighted by Crippen LogP contribution is -2.16. The van der Waals surface area contributed by atoms with Gasteiger partial charge in [0.25, 0.3) is 0 Å². The van der Waals surface area contributed by atoms with Crippen LogP contribution in [0.2, 0.25) is 10.0 Å². The predicted molar refractivity (Wildman–Crippen MR) is 125 cm³/mol. The van der Waals surface area contributed by atoms with E-state index in [1.807, 2.05) is 6.07 Å². The van der Waals surface area contributed by atoms with Crippen LogP contribution in [0.1, 0.15) is 22.3 Å². The average Bonchev–Trinajstić information content (AvgIpc) is 2.79. The van der Waals surface area contributed by atoms with Gasteiger partial charge in [-0.05, 0) is 43.3 Å². The predicted octanol–water partition coefficient (Wildman–Crippen LogP) is 6.81. The minimum absolute atomic E-state index is 0.0115. The molecule has 6 nitrogen and oxygen atoms in total. The summed E-state index contributed by atoms with van der Waals surface area (Å²) >= 11 is 12.1. The van der Waals surface area contributed by atoms with Crippen molar-refractivity contribution in [3.8, 4) is 23.3 Å². The van der Waals surface area contributed by atoms with Crippen molar-refractivity contribution in [2.24, 2.45) is 0 Å². The fourth-order valence-electron chi connectivity index (χ4n) is 3.06. The Bertz CT molecular complexity index is 1340. The molecule has 0 saturated carbocycles. The van der Waals surface area contributed by atoms with Gasteiger partial charge in [0.15, 0.2) is 29.0 Å². The van der Waals surface area contributed by atoms with E-state index >= 15 is 4.39 Å². The highest BCUT2D eigenvalue weighted by Gasteiger charge is 2.20. The second-order valence-electron chi connectivity index (χ2n) is 7.02. The van der Waals surface area contributed by atoms with Crippen molar-refractivity contribution < 1.29 is 23.0 Å². The summed E-state index contributed by atoms with van der Waals surface area (Å²) in [4.78, 5) is 0. The Morgan fingerprint density at radius 2 is 1.79 bits per heavy atom. The lowest BCUT2D eigenvalue weighted by Gasteiger charge is -2.14. The summed E-state index contributed by atoms with van der Waals surface area (Å²) < 4.78 is 45.0. The van der Waals surface area contributed by atoms with E-state index in [1.54, 1.807) is 0 Å². The van der Waals surface area contributed by atoms with Gasteiger partial charge >= 0.3 is 0 Å². The lowest BCUT2D eigenvalue weighted by atomic mass is 10.1. The minimum Gasteiger partial charge on any atom is -0.494 e. The standard InChI is InChI=1S/C24H17Cl2F2N3O3/c1-12-17(4-6-19(32-2)21(12)27)24(31)34-20(30)9-14-3-5-18(26)23(22(14)28)33-16-8-13(11-29)7-15(25)10-16/h3-8,10,30-31H,9H2,1-2H3. The third kappa shape index (κ3) is 5.45. The van der Waals surface area contributed by atoms with Crippen LogP contribution in [0.4, 0.5) is 8.78 Å². The van der Waals surface area contributed by atoms with Gasteiger partial charge in [0.05, 0.1) is 30.2 Å². The number of benzene rings is 3. The normalized spacial score (nSPS) is 10.4. The molecule has 0 aromatic heterocycles. The number of rotatable bonds is 6. The van der Waals surface area contributed by atoms with E-state index in [1.165, 1.54) is 56.5 Å². The first kappa shape index (κ1) is 25.0. The van der Waals surface area contributed by atoms with Crippen LogP contribution in [-0.2, 0) is 11.2 Å². The van der Waals surface area contributed by atoms with Crippen molar-refractivity contribution in [3.63, 3.8) is 0 Å². The van der Waals surface area contributed by atoms with Gasteiger partial charge in [-0.25, -0.2) is 8.78 Å². The average molecular weight is 504 g/mol. The fourth-order valence-corrected chi connectivity index (χ4v) is 3.47. The summed E-state index contributed by atoms with van der Waals surface area (Å²) in [5, 5.41) is 25.4. The van der Waals surface area contributed by atoms with Crippen LogP contribution in [-0.4, -0.2) is 18.9 Å².